The summed E-state index contributed by atoms with van der Waals surface area (Å²) in [7, 11) is 0. The number of aromatic nitrogens is 1. The first-order valence-electron chi connectivity index (χ1n) is 15.8. The van der Waals surface area contributed by atoms with Gasteiger partial charge in [0, 0.05) is 45.2 Å². The number of para-hydroxylation sites is 2. The van der Waals surface area contributed by atoms with Crippen LogP contribution in [0.1, 0.15) is 67.2 Å². The summed E-state index contributed by atoms with van der Waals surface area (Å²) in [5, 5.41) is 13.1. The van der Waals surface area contributed by atoms with Gasteiger partial charge in [-0.1, -0.05) is 104 Å². The minimum Gasteiger partial charge on any atom is -0.485 e. The second-order valence-corrected chi connectivity index (χ2v) is 13.8. The van der Waals surface area contributed by atoms with Gasteiger partial charge in [0.15, 0.2) is 0 Å². The molecule has 9 rings (SSSR count). The highest BCUT2D eigenvalue weighted by Crippen LogP contribution is 2.59. The smallest absolute Gasteiger partial charge is 0.124 e. The Kier molecular flexibility index (Phi) is 5.17. The standard InChI is InChI=1S/C41H34N2O/c1-40(2)32-14-7-4-11-26(32)29-22-31-30-21-25(18-19-37(30)44-38(31)23-33(29)40)39-36(17-10-20-41(39,3)24-42)43-34-15-8-5-12-27(34)28-13-6-9-16-35(28)43/h4-21,23,29,31,38-39H,22H2,1-3H3. The van der Waals surface area contributed by atoms with E-state index >= 15 is 0 Å². The second kappa shape index (κ2) is 8.87. The van der Waals surface area contributed by atoms with Crippen molar-refractivity contribution in [3.63, 3.8) is 0 Å². The van der Waals surface area contributed by atoms with Gasteiger partial charge in [0.25, 0.3) is 0 Å². The molecule has 3 nitrogen and oxygen atoms in total. The van der Waals surface area contributed by atoms with E-state index in [1.807, 2.05) is 0 Å². The van der Waals surface area contributed by atoms with Gasteiger partial charge >= 0.3 is 0 Å². The average Bonchev–Trinajstić information content (AvgIpc) is 3.65. The van der Waals surface area contributed by atoms with Gasteiger partial charge in [-0.15, -0.1) is 0 Å². The third-order valence-corrected chi connectivity index (χ3v) is 11.1. The predicted octanol–water partition coefficient (Wildman–Crippen LogP) is 9.77. The molecule has 3 heteroatoms. The van der Waals surface area contributed by atoms with E-state index in [1.165, 1.54) is 33.0 Å². The molecule has 0 fully saturated rings. The fraction of sp³-hybridized carbons (Fsp3) is 0.244. The zero-order valence-corrected chi connectivity index (χ0v) is 25.3. The average molecular weight is 571 g/mol. The van der Waals surface area contributed by atoms with Crippen molar-refractivity contribution in [1.82, 2.24) is 4.57 Å². The van der Waals surface area contributed by atoms with Crippen molar-refractivity contribution in [2.24, 2.45) is 5.41 Å². The lowest BCUT2D eigenvalue weighted by Gasteiger charge is -2.35. The molecule has 0 bridgehead atoms. The van der Waals surface area contributed by atoms with Crippen molar-refractivity contribution in [1.29, 1.82) is 5.26 Å². The third kappa shape index (κ3) is 3.32. The largest absolute Gasteiger partial charge is 0.485 e. The molecule has 4 aliphatic rings. The highest BCUT2D eigenvalue weighted by Gasteiger charge is 2.49. The quantitative estimate of drug-likeness (QED) is 0.198. The molecule has 4 aromatic carbocycles. The number of hydrogen-bond acceptors (Lipinski definition) is 2. The van der Waals surface area contributed by atoms with Gasteiger partial charge in [0.2, 0.25) is 0 Å². The number of allylic oxidation sites excluding steroid dienone is 5. The summed E-state index contributed by atoms with van der Waals surface area (Å²) in [5.41, 5.74) is 9.62. The van der Waals surface area contributed by atoms with Gasteiger partial charge in [0.1, 0.15) is 11.9 Å². The Labute approximate surface area is 258 Å². The van der Waals surface area contributed by atoms with Crippen molar-refractivity contribution in [3.05, 3.63) is 143 Å². The molecular formula is C41H34N2O. The molecule has 0 spiro atoms. The van der Waals surface area contributed by atoms with Crippen LogP contribution in [0, 0.1) is 16.7 Å². The molecular weight excluding hydrogens is 536 g/mol. The number of benzene rings is 4. The molecule has 5 aromatic rings. The van der Waals surface area contributed by atoms with Crippen LogP contribution in [-0.2, 0) is 5.41 Å². The molecule has 44 heavy (non-hydrogen) atoms. The first-order valence-corrected chi connectivity index (χ1v) is 15.8. The lowest BCUT2D eigenvalue weighted by molar-refractivity contribution is 0.234. The highest BCUT2D eigenvalue weighted by atomic mass is 16.5. The Morgan fingerprint density at radius 2 is 1.55 bits per heavy atom. The number of ether oxygens (including phenoxy) is 1. The summed E-state index contributed by atoms with van der Waals surface area (Å²) >= 11 is 0. The van der Waals surface area contributed by atoms with Gasteiger partial charge in [-0.05, 0) is 60.4 Å². The van der Waals surface area contributed by atoms with Crippen LogP contribution in [0.15, 0.2) is 121 Å². The number of fused-ring (bicyclic) bond motifs is 9. The Morgan fingerprint density at radius 1 is 0.841 bits per heavy atom. The minimum absolute atomic E-state index is 0.0145. The number of nitrogens with zero attached hydrogens (tertiary/aromatic N) is 2. The SMILES string of the molecule is CC1(C)C2=CC3Oc4ccc(C5C(n6c7ccccc7c7ccccc76)=CC=CC5(C)C#N)cc4C3CC2c2ccccc21. The first kappa shape index (κ1) is 25.7. The van der Waals surface area contributed by atoms with Crippen LogP contribution in [0.4, 0.5) is 0 Å². The van der Waals surface area contributed by atoms with Crippen LogP contribution in [-0.4, -0.2) is 10.7 Å². The van der Waals surface area contributed by atoms with Crippen LogP contribution in [0.25, 0.3) is 27.5 Å². The summed E-state index contributed by atoms with van der Waals surface area (Å²) in [4.78, 5) is 0. The Morgan fingerprint density at radius 3 is 2.30 bits per heavy atom. The topological polar surface area (TPSA) is 38.0 Å². The van der Waals surface area contributed by atoms with Gasteiger partial charge in [0.05, 0.1) is 22.5 Å². The van der Waals surface area contributed by atoms with Crippen LogP contribution < -0.4 is 4.74 Å². The van der Waals surface area contributed by atoms with E-state index in [9.17, 15) is 5.26 Å². The van der Waals surface area contributed by atoms with Crippen LogP contribution >= 0.6 is 0 Å². The number of rotatable bonds is 2. The summed E-state index contributed by atoms with van der Waals surface area (Å²) in [6, 6.07) is 35.6. The molecule has 5 atom stereocenters. The van der Waals surface area contributed by atoms with Crippen LogP contribution in [0.2, 0.25) is 0 Å². The summed E-state index contributed by atoms with van der Waals surface area (Å²) in [6.07, 6.45) is 9.88. The van der Waals surface area contributed by atoms with E-state index in [-0.39, 0.29) is 23.4 Å². The fourth-order valence-electron chi connectivity index (χ4n) is 8.97. The van der Waals surface area contributed by atoms with Gasteiger partial charge < -0.3 is 9.30 Å². The van der Waals surface area contributed by atoms with Gasteiger partial charge in [-0.3, -0.25) is 0 Å². The first-order chi connectivity index (χ1) is 21.4. The summed E-state index contributed by atoms with van der Waals surface area (Å²) < 4.78 is 9.05. The molecule has 3 aliphatic carbocycles. The van der Waals surface area contributed by atoms with E-state index in [2.05, 4.69) is 147 Å². The monoisotopic (exact) mass is 570 g/mol. The number of hydrogen-bond donors (Lipinski definition) is 0. The van der Waals surface area contributed by atoms with E-state index < -0.39 is 5.41 Å². The predicted molar refractivity (Wildman–Crippen MR) is 178 cm³/mol. The number of nitriles is 1. The van der Waals surface area contributed by atoms with E-state index in [0.717, 1.165) is 34.5 Å². The van der Waals surface area contributed by atoms with E-state index in [1.54, 1.807) is 0 Å². The third-order valence-electron chi connectivity index (χ3n) is 11.1. The molecule has 0 saturated heterocycles. The minimum atomic E-state index is -0.711. The summed E-state index contributed by atoms with van der Waals surface area (Å²) in [5.74, 6) is 1.53. The van der Waals surface area contributed by atoms with Crippen molar-refractivity contribution in [2.75, 3.05) is 0 Å². The zero-order valence-electron chi connectivity index (χ0n) is 25.3. The molecule has 1 aliphatic heterocycles. The van der Waals surface area contributed by atoms with E-state index in [0.29, 0.717) is 5.92 Å². The Balaban J connectivity index is 1.19. The molecule has 0 N–H and O–H groups in total. The van der Waals surface area contributed by atoms with Gasteiger partial charge in [-0.2, -0.15) is 5.26 Å². The normalized spacial score (nSPS) is 27.5. The molecule has 5 unspecified atom stereocenters. The Bertz CT molecular complexity index is 2110. The van der Waals surface area contributed by atoms with Crippen molar-refractivity contribution in [3.8, 4) is 11.8 Å². The molecule has 0 amide bonds. The molecule has 1 aromatic heterocycles. The lowest BCUT2D eigenvalue weighted by Crippen LogP contribution is -2.28. The highest BCUT2D eigenvalue weighted by molar-refractivity contribution is 6.10. The van der Waals surface area contributed by atoms with Crippen LogP contribution in [0.3, 0.4) is 0 Å². The lowest BCUT2D eigenvalue weighted by atomic mass is 9.69. The van der Waals surface area contributed by atoms with Crippen molar-refractivity contribution >= 4 is 27.5 Å². The second-order valence-electron chi connectivity index (χ2n) is 13.8. The fourth-order valence-corrected chi connectivity index (χ4v) is 8.97. The van der Waals surface area contributed by atoms with Crippen molar-refractivity contribution in [2.45, 2.75) is 56.5 Å². The van der Waals surface area contributed by atoms with Crippen LogP contribution in [0.5, 0.6) is 5.75 Å². The zero-order chi connectivity index (χ0) is 29.8. The van der Waals surface area contributed by atoms with Crippen molar-refractivity contribution < 1.29 is 4.74 Å². The van der Waals surface area contributed by atoms with E-state index in [4.69, 9.17) is 4.74 Å². The molecule has 0 saturated carbocycles. The maximum absolute atomic E-state index is 10.7. The summed E-state index contributed by atoms with van der Waals surface area (Å²) in [6.45, 7) is 6.80. The maximum atomic E-state index is 10.7. The maximum Gasteiger partial charge on any atom is 0.124 e. The molecule has 0 radical (unpaired) electrons. The van der Waals surface area contributed by atoms with Gasteiger partial charge in [-0.25, -0.2) is 0 Å². The molecule has 2 heterocycles. The molecule has 214 valence electrons. The Hall–Kier alpha value is -4.81.